The van der Waals surface area contributed by atoms with Gasteiger partial charge in [-0.2, -0.15) is 0 Å². The monoisotopic (exact) mass is 211 g/mol. The van der Waals surface area contributed by atoms with Gasteiger partial charge in [0.1, 0.15) is 24.7 Å². The Bertz CT molecular complexity index is 289. The number of aliphatic hydroxyl groups excluding tert-OH is 1. The minimum atomic E-state index is -0.474. The first-order chi connectivity index (χ1) is 7.22. The molecule has 4 heteroatoms. The molecule has 0 bridgehead atoms. The van der Waals surface area contributed by atoms with Crippen molar-refractivity contribution >= 4 is 0 Å². The van der Waals surface area contributed by atoms with E-state index in [4.69, 9.17) is 20.3 Å². The summed E-state index contributed by atoms with van der Waals surface area (Å²) in [6.45, 7) is 2.92. The molecule has 0 aliphatic carbocycles. The largest absolute Gasteiger partial charge is 0.492 e. The molecule has 0 aromatic heterocycles. The molecule has 1 rings (SSSR count). The second kappa shape index (κ2) is 6.27. The fraction of sp³-hybridized carbons (Fsp3) is 0.455. The second-order valence-corrected chi connectivity index (χ2v) is 3.27. The maximum Gasteiger partial charge on any atom is 0.123 e. The standard InChI is InChI=1S/C11H17NO3/c1-9(13)8-15-11-4-2-3-10(7-11)14-6-5-12/h2-4,7,9,13H,5-6,8,12H2,1H3. The van der Waals surface area contributed by atoms with Crippen LogP contribution in [0.3, 0.4) is 0 Å². The molecule has 4 nitrogen and oxygen atoms in total. The summed E-state index contributed by atoms with van der Waals surface area (Å²) in [6.07, 6.45) is -0.474. The van der Waals surface area contributed by atoms with Crippen LogP contribution >= 0.6 is 0 Å². The molecular weight excluding hydrogens is 194 g/mol. The zero-order chi connectivity index (χ0) is 11.1. The first kappa shape index (κ1) is 11.8. The molecule has 0 heterocycles. The van der Waals surface area contributed by atoms with E-state index in [0.29, 0.717) is 18.9 Å². The van der Waals surface area contributed by atoms with E-state index < -0.39 is 6.10 Å². The summed E-state index contributed by atoms with van der Waals surface area (Å²) < 4.78 is 10.7. The van der Waals surface area contributed by atoms with Crippen LogP contribution in [0.5, 0.6) is 11.5 Å². The van der Waals surface area contributed by atoms with Gasteiger partial charge in [-0.05, 0) is 19.1 Å². The van der Waals surface area contributed by atoms with Crippen molar-refractivity contribution in [3.8, 4) is 11.5 Å². The van der Waals surface area contributed by atoms with Crippen LogP contribution in [-0.2, 0) is 0 Å². The summed E-state index contributed by atoms with van der Waals surface area (Å²) in [5.74, 6) is 1.41. The van der Waals surface area contributed by atoms with Gasteiger partial charge in [0.2, 0.25) is 0 Å². The smallest absolute Gasteiger partial charge is 0.123 e. The summed E-state index contributed by atoms with van der Waals surface area (Å²) in [5, 5.41) is 9.05. The summed E-state index contributed by atoms with van der Waals surface area (Å²) in [7, 11) is 0. The second-order valence-electron chi connectivity index (χ2n) is 3.27. The molecule has 15 heavy (non-hydrogen) atoms. The number of benzene rings is 1. The van der Waals surface area contributed by atoms with Gasteiger partial charge in [-0.15, -0.1) is 0 Å². The van der Waals surface area contributed by atoms with E-state index in [1.54, 1.807) is 13.0 Å². The average Bonchev–Trinajstić information content (AvgIpc) is 2.24. The van der Waals surface area contributed by atoms with E-state index in [1.165, 1.54) is 0 Å². The van der Waals surface area contributed by atoms with Gasteiger partial charge in [0.25, 0.3) is 0 Å². The van der Waals surface area contributed by atoms with Gasteiger partial charge < -0.3 is 20.3 Å². The van der Waals surface area contributed by atoms with Crippen molar-refractivity contribution in [2.24, 2.45) is 5.73 Å². The fourth-order valence-corrected chi connectivity index (χ4v) is 1.05. The third-order valence-corrected chi connectivity index (χ3v) is 1.68. The molecule has 1 unspecified atom stereocenters. The number of hydrogen-bond acceptors (Lipinski definition) is 4. The number of nitrogens with two attached hydrogens (primary N) is 1. The Morgan fingerprint density at radius 2 is 2.00 bits per heavy atom. The fourth-order valence-electron chi connectivity index (χ4n) is 1.05. The minimum absolute atomic E-state index is 0.278. The Hall–Kier alpha value is -1.26. The van der Waals surface area contributed by atoms with Crippen molar-refractivity contribution in [3.63, 3.8) is 0 Å². The quantitative estimate of drug-likeness (QED) is 0.730. The van der Waals surface area contributed by atoms with Crippen LogP contribution in [0.1, 0.15) is 6.92 Å². The summed E-state index contributed by atoms with van der Waals surface area (Å²) >= 11 is 0. The first-order valence-electron chi connectivity index (χ1n) is 4.96. The highest BCUT2D eigenvalue weighted by Gasteiger charge is 2.00. The van der Waals surface area contributed by atoms with E-state index in [0.717, 1.165) is 5.75 Å². The Labute approximate surface area is 89.6 Å². The van der Waals surface area contributed by atoms with E-state index in [9.17, 15) is 0 Å². The van der Waals surface area contributed by atoms with Crippen molar-refractivity contribution in [2.45, 2.75) is 13.0 Å². The molecule has 1 aromatic rings. The van der Waals surface area contributed by atoms with Crippen LogP contribution < -0.4 is 15.2 Å². The predicted octanol–water partition coefficient (Wildman–Crippen LogP) is 0.784. The lowest BCUT2D eigenvalue weighted by Gasteiger charge is -2.10. The highest BCUT2D eigenvalue weighted by Crippen LogP contribution is 2.19. The molecular formula is C11H17NO3. The summed E-state index contributed by atoms with van der Waals surface area (Å²) in [5.41, 5.74) is 5.32. The van der Waals surface area contributed by atoms with Crippen LogP contribution in [0.25, 0.3) is 0 Å². The lowest BCUT2D eigenvalue weighted by molar-refractivity contribution is 0.122. The maximum atomic E-state index is 9.05. The number of ether oxygens (including phenoxy) is 2. The molecule has 0 saturated heterocycles. The van der Waals surface area contributed by atoms with Gasteiger partial charge in [0.05, 0.1) is 6.10 Å². The number of aliphatic hydroxyl groups is 1. The average molecular weight is 211 g/mol. The van der Waals surface area contributed by atoms with Crippen LogP contribution in [0.15, 0.2) is 24.3 Å². The third kappa shape index (κ3) is 4.67. The molecule has 0 amide bonds. The zero-order valence-electron chi connectivity index (χ0n) is 8.85. The number of hydrogen-bond donors (Lipinski definition) is 2. The van der Waals surface area contributed by atoms with E-state index in [-0.39, 0.29) is 6.61 Å². The molecule has 0 aliphatic rings. The Morgan fingerprint density at radius 1 is 1.33 bits per heavy atom. The molecule has 0 radical (unpaired) electrons. The molecule has 3 N–H and O–H groups in total. The Kier molecular flexibility index (Phi) is 4.93. The summed E-state index contributed by atoms with van der Waals surface area (Å²) in [6, 6.07) is 7.27. The highest BCUT2D eigenvalue weighted by atomic mass is 16.5. The molecule has 84 valence electrons. The van der Waals surface area contributed by atoms with Gasteiger partial charge in [-0.3, -0.25) is 0 Å². The molecule has 0 fully saturated rings. The van der Waals surface area contributed by atoms with Crippen molar-refractivity contribution < 1.29 is 14.6 Å². The van der Waals surface area contributed by atoms with Crippen LogP contribution in [0.2, 0.25) is 0 Å². The van der Waals surface area contributed by atoms with Crippen molar-refractivity contribution in [2.75, 3.05) is 19.8 Å². The minimum Gasteiger partial charge on any atom is -0.492 e. The zero-order valence-corrected chi connectivity index (χ0v) is 8.85. The van der Waals surface area contributed by atoms with E-state index in [2.05, 4.69) is 0 Å². The van der Waals surface area contributed by atoms with Gasteiger partial charge >= 0.3 is 0 Å². The van der Waals surface area contributed by atoms with Gasteiger partial charge in [-0.25, -0.2) is 0 Å². The van der Waals surface area contributed by atoms with Crippen molar-refractivity contribution in [1.29, 1.82) is 0 Å². The Morgan fingerprint density at radius 3 is 2.60 bits per heavy atom. The lowest BCUT2D eigenvalue weighted by atomic mass is 10.3. The Balaban J connectivity index is 2.50. The first-order valence-corrected chi connectivity index (χ1v) is 4.96. The molecule has 0 saturated carbocycles. The molecule has 1 aromatic carbocycles. The van der Waals surface area contributed by atoms with Gasteiger partial charge in [0, 0.05) is 12.6 Å². The predicted molar refractivity (Wildman–Crippen MR) is 58.2 cm³/mol. The van der Waals surface area contributed by atoms with E-state index in [1.807, 2.05) is 18.2 Å². The number of rotatable bonds is 6. The molecule has 1 atom stereocenters. The third-order valence-electron chi connectivity index (χ3n) is 1.68. The van der Waals surface area contributed by atoms with Gasteiger partial charge in [0.15, 0.2) is 0 Å². The SMILES string of the molecule is CC(O)COc1cccc(OCCN)c1. The van der Waals surface area contributed by atoms with Crippen LogP contribution in [0, 0.1) is 0 Å². The normalized spacial score (nSPS) is 12.2. The lowest BCUT2D eigenvalue weighted by Crippen LogP contribution is -2.13. The van der Waals surface area contributed by atoms with Crippen LogP contribution in [-0.4, -0.2) is 31.0 Å². The van der Waals surface area contributed by atoms with Gasteiger partial charge in [-0.1, -0.05) is 6.07 Å². The maximum absolute atomic E-state index is 9.05. The topological polar surface area (TPSA) is 64.7 Å². The van der Waals surface area contributed by atoms with Crippen molar-refractivity contribution in [1.82, 2.24) is 0 Å². The van der Waals surface area contributed by atoms with Crippen LogP contribution in [0.4, 0.5) is 0 Å². The van der Waals surface area contributed by atoms with Crippen molar-refractivity contribution in [3.05, 3.63) is 24.3 Å². The molecule has 0 aliphatic heterocycles. The van der Waals surface area contributed by atoms with E-state index >= 15 is 0 Å². The highest BCUT2D eigenvalue weighted by molar-refractivity contribution is 5.32. The molecule has 0 spiro atoms. The summed E-state index contributed by atoms with van der Waals surface area (Å²) in [4.78, 5) is 0.